The van der Waals surface area contributed by atoms with Gasteiger partial charge in [0.15, 0.2) is 0 Å². The lowest BCUT2D eigenvalue weighted by atomic mass is 10.1. The minimum absolute atomic E-state index is 0.113. The summed E-state index contributed by atoms with van der Waals surface area (Å²) in [7, 11) is 0. The maximum Gasteiger partial charge on any atom is 0.318 e. The molecule has 1 aliphatic heterocycles. The van der Waals surface area contributed by atoms with E-state index in [0.717, 1.165) is 5.56 Å². The fraction of sp³-hybridized carbons (Fsp3) is 0.556. The van der Waals surface area contributed by atoms with Gasteiger partial charge in [-0.05, 0) is 19.4 Å². The average Bonchev–Trinajstić information content (AvgIpc) is 2.59. The van der Waals surface area contributed by atoms with E-state index in [9.17, 15) is 9.59 Å². The van der Waals surface area contributed by atoms with Crippen molar-refractivity contribution in [1.82, 2.24) is 10.2 Å². The molecule has 6 nitrogen and oxygen atoms in total. The van der Waals surface area contributed by atoms with Gasteiger partial charge in [-0.15, -0.1) is 0 Å². The number of morpholine rings is 1. The monoisotopic (exact) mass is 334 g/mol. The summed E-state index contributed by atoms with van der Waals surface area (Å²) in [5.74, 6) is -0.681. The van der Waals surface area contributed by atoms with Crippen LogP contribution >= 0.6 is 0 Å². The van der Waals surface area contributed by atoms with Crippen molar-refractivity contribution in [2.24, 2.45) is 5.92 Å². The van der Waals surface area contributed by atoms with E-state index in [4.69, 9.17) is 9.47 Å². The highest BCUT2D eigenvalue weighted by Gasteiger charge is 2.29. The average molecular weight is 334 g/mol. The Morgan fingerprint density at radius 1 is 1.29 bits per heavy atom. The molecular formula is C18H26N2O4. The number of amides is 2. The number of ether oxygens (including phenoxy) is 2. The molecule has 2 atom stereocenters. The Morgan fingerprint density at radius 3 is 2.67 bits per heavy atom. The molecule has 1 aliphatic rings. The topological polar surface area (TPSA) is 67.9 Å². The number of hydrogen-bond acceptors (Lipinski definition) is 4. The van der Waals surface area contributed by atoms with Gasteiger partial charge in [-0.1, -0.05) is 37.3 Å². The quantitative estimate of drug-likeness (QED) is 0.840. The van der Waals surface area contributed by atoms with E-state index in [0.29, 0.717) is 19.8 Å². The largest absolute Gasteiger partial charge is 0.463 e. The second kappa shape index (κ2) is 8.68. The summed E-state index contributed by atoms with van der Waals surface area (Å²) in [6, 6.07) is 9.52. The number of benzene rings is 1. The minimum atomic E-state index is -0.382. The molecule has 6 heteroatoms. The Hall–Kier alpha value is -2.08. The van der Waals surface area contributed by atoms with Gasteiger partial charge in [0, 0.05) is 13.1 Å². The van der Waals surface area contributed by atoms with Gasteiger partial charge in [0.05, 0.1) is 31.3 Å². The first-order valence-corrected chi connectivity index (χ1v) is 8.36. The molecule has 1 aromatic rings. The van der Waals surface area contributed by atoms with Crippen molar-refractivity contribution < 1.29 is 19.1 Å². The lowest BCUT2D eigenvalue weighted by molar-refractivity contribution is -0.151. The maximum atomic E-state index is 12.5. The van der Waals surface area contributed by atoms with Crippen LogP contribution in [0.4, 0.5) is 4.79 Å². The molecule has 0 unspecified atom stereocenters. The third kappa shape index (κ3) is 4.96. The van der Waals surface area contributed by atoms with Crippen molar-refractivity contribution >= 4 is 12.0 Å². The molecular weight excluding hydrogens is 308 g/mol. The van der Waals surface area contributed by atoms with Crippen LogP contribution in [0, 0.1) is 5.92 Å². The number of nitrogens with zero attached hydrogens (tertiary/aromatic N) is 1. The molecule has 1 saturated heterocycles. The number of hydrogen-bond donors (Lipinski definition) is 1. The van der Waals surface area contributed by atoms with E-state index in [1.165, 1.54) is 0 Å². The van der Waals surface area contributed by atoms with Gasteiger partial charge in [0.2, 0.25) is 0 Å². The van der Waals surface area contributed by atoms with Gasteiger partial charge in [-0.2, -0.15) is 0 Å². The molecule has 132 valence electrons. The SMILES string of the molecule is CC(C)OC(=O)[C@@H](C)CNC(=O)N1CCOC[C@@H]1c1ccccc1. The summed E-state index contributed by atoms with van der Waals surface area (Å²) in [6.07, 6.45) is -0.155. The molecule has 0 aromatic heterocycles. The molecule has 0 radical (unpaired) electrons. The molecule has 1 N–H and O–H groups in total. The van der Waals surface area contributed by atoms with E-state index >= 15 is 0 Å². The molecule has 0 spiro atoms. The van der Waals surface area contributed by atoms with Crippen LogP contribution in [-0.2, 0) is 14.3 Å². The van der Waals surface area contributed by atoms with Crippen LogP contribution in [0.2, 0.25) is 0 Å². The van der Waals surface area contributed by atoms with Crippen molar-refractivity contribution in [3.05, 3.63) is 35.9 Å². The smallest absolute Gasteiger partial charge is 0.318 e. The molecule has 0 bridgehead atoms. The van der Waals surface area contributed by atoms with E-state index in [1.807, 2.05) is 30.3 Å². The van der Waals surface area contributed by atoms with Crippen molar-refractivity contribution in [1.29, 1.82) is 0 Å². The van der Waals surface area contributed by atoms with E-state index in [1.54, 1.807) is 25.7 Å². The van der Waals surface area contributed by atoms with Crippen LogP contribution in [0.5, 0.6) is 0 Å². The highest BCUT2D eigenvalue weighted by Crippen LogP contribution is 2.23. The highest BCUT2D eigenvalue weighted by molar-refractivity contribution is 5.77. The van der Waals surface area contributed by atoms with Crippen LogP contribution in [0.3, 0.4) is 0 Å². The van der Waals surface area contributed by atoms with Crippen molar-refractivity contribution in [2.75, 3.05) is 26.3 Å². The Bertz CT molecular complexity index is 547. The van der Waals surface area contributed by atoms with Gasteiger partial charge in [0.1, 0.15) is 0 Å². The Labute approximate surface area is 143 Å². The lowest BCUT2D eigenvalue weighted by Gasteiger charge is -2.36. The fourth-order valence-corrected chi connectivity index (χ4v) is 2.57. The Balaban J connectivity index is 1.93. The predicted molar refractivity (Wildman–Crippen MR) is 90.5 cm³/mol. The van der Waals surface area contributed by atoms with E-state index in [2.05, 4.69) is 5.32 Å². The van der Waals surface area contributed by atoms with Crippen LogP contribution in [0.15, 0.2) is 30.3 Å². The molecule has 2 rings (SSSR count). The summed E-state index contributed by atoms with van der Waals surface area (Å²) in [5, 5.41) is 2.84. The summed E-state index contributed by atoms with van der Waals surface area (Å²) in [6.45, 7) is 7.13. The van der Waals surface area contributed by atoms with Crippen molar-refractivity contribution in [3.63, 3.8) is 0 Å². The molecule has 0 saturated carbocycles. The highest BCUT2D eigenvalue weighted by atomic mass is 16.5. The number of carbonyl (C=O) groups is 2. The normalized spacial score (nSPS) is 19.0. The Kier molecular flexibility index (Phi) is 6.61. The van der Waals surface area contributed by atoms with Crippen LogP contribution < -0.4 is 5.32 Å². The molecule has 0 aliphatic carbocycles. The van der Waals surface area contributed by atoms with Gasteiger partial charge in [0.25, 0.3) is 0 Å². The van der Waals surface area contributed by atoms with E-state index < -0.39 is 0 Å². The van der Waals surface area contributed by atoms with E-state index in [-0.39, 0.29) is 36.6 Å². The number of nitrogens with one attached hydrogen (secondary N) is 1. The third-order valence-corrected chi connectivity index (χ3v) is 3.89. The second-order valence-electron chi connectivity index (χ2n) is 6.27. The molecule has 24 heavy (non-hydrogen) atoms. The summed E-state index contributed by atoms with van der Waals surface area (Å²) < 4.78 is 10.7. The minimum Gasteiger partial charge on any atom is -0.463 e. The van der Waals surface area contributed by atoms with Crippen molar-refractivity contribution in [2.45, 2.75) is 32.9 Å². The zero-order chi connectivity index (χ0) is 17.5. The van der Waals surface area contributed by atoms with Gasteiger partial charge >= 0.3 is 12.0 Å². The second-order valence-corrected chi connectivity index (χ2v) is 6.27. The molecule has 1 aromatic carbocycles. The third-order valence-electron chi connectivity index (χ3n) is 3.89. The number of esters is 1. The van der Waals surface area contributed by atoms with Crippen LogP contribution in [-0.4, -0.2) is 49.3 Å². The summed E-state index contributed by atoms with van der Waals surface area (Å²) >= 11 is 0. The lowest BCUT2D eigenvalue weighted by Crippen LogP contribution is -2.49. The zero-order valence-electron chi connectivity index (χ0n) is 14.5. The van der Waals surface area contributed by atoms with Crippen LogP contribution in [0.1, 0.15) is 32.4 Å². The number of rotatable bonds is 5. The molecule has 2 amide bonds. The van der Waals surface area contributed by atoms with Crippen LogP contribution in [0.25, 0.3) is 0 Å². The summed E-state index contributed by atoms with van der Waals surface area (Å²) in [5.41, 5.74) is 1.04. The maximum absolute atomic E-state index is 12.5. The molecule has 1 fully saturated rings. The first kappa shape index (κ1) is 18.3. The van der Waals surface area contributed by atoms with Gasteiger partial charge in [-0.3, -0.25) is 4.79 Å². The Morgan fingerprint density at radius 2 is 2.00 bits per heavy atom. The van der Waals surface area contributed by atoms with Gasteiger partial charge in [-0.25, -0.2) is 4.79 Å². The standard InChI is InChI=1S/C18H26N2O4/c1-13(2)24-17(21)14(3)11-19-18(22)20-9-10-23-12-16(20)15-7-5-4-6-8-15/h4-8,13-14,16H,9-12H2,1-3H3,(H,19,22)/t14-,16+/m0/s1. The molecule has 1 heterocycles. The first-order valence-electron chi connectivity index (χ1n) is 8.36. The van der Waals surface area contributed by atoms with Crippen molar-refractivity contribution in [3.8, 4) is 0 Å². The zero-order valence-corrected chi connectivity index (χ0v) is 14.5. The number of carbonyl (C=O) groups excluding carboxylic acids is 2. The fourth-order valence-electron chi connectivity index (χ4n) is 2.57. The number of urea groups is 1. The first-order chi connectivity index (χ1) is 11.5. The van der Waals surface area contributed by atoms with Gasteiger partial charge < -0.3 is 19.7 Å². The summed E-state index contributed by atoms with van der Waals surface area (Å²) in [4.78, 5) is 26.1. The predicted octanol–water partition coefficient (Wildman–Crippen LogP) is 2.36.